The van der Waals surface area contributed by atoms with Crippen LogP contribution in [0.5, 0.6) is 0 Å². The summed E-state index contributed by atoms with van der Waals surface area (Å²) in [7, 11) is 0. The van der Waals surface area contributed by atoms with Crippen molar-refractivity contribution in [2.45, 2.75) is 27.7 Å². The van der Waals surface area contributed by atoms with Gasteiger partial charge in [0.2, 0.25) is 0 Å². The van der Waals surface area contributed by atoms with E-state index in [9.17, 15) is 0 Å². The summed E-state index contributed by atoms with van der Waals surface area (Å²) < 4.78 is 0. The monoisotopic (exact) mass is 946 g/mol. The van der Waals surface area contributed by atoms with Crippen molar-refractivity contribution in [2.75, 3.05) is 9.80 Å². The van der Waals surface area contributed by atoms with Crippen molar-refractivity contribution in [3.63, 3.8) is 0 Å². The molecule has 0 bridgehead atoms. The number of hydrogen-bond donors (Lipinski definition) is 0. The Kier molecular flexibility index (Phi) is 11.1. The predicted octanol–water partition coefficient (Wildman–Crippen LogP) is 20.5. The minimum Gasteiger partial charge on any atom is -0.310 e. The van der Waals surface area contributed by atoms with Gasteiger partial charge in [0.05, 0.1) is 0 Å². The van der Waals surface area contributed by atoms with Gasteiger partial charge in [-0.05, 0) is 211 Å². The highest BCUT2D eigenvalue weighted by Crippen LogP contribution is 2.52. The molecule has 2 heteroatoms. The van der Waals surface area contributed by atoms with Gasteiger partial charge in [0.15, 0.2) is 0 Å². The SMILES string of the molecule is Cc1ccc(-c2ccccc2)cc1N(c1ccc2cc3c(cc2c1)-c1cc2cc(N(c4cc(-c5ccccc5)ccc4C)c4cc(-c5ccccc5)ccc4C)ccc2cc1-3)c1cc(-c2ccccc2)ccc1C. The second-order valence-corrected chi connectivity index (χ2v) is 20.0. The fourth-order valence-corrected chi connectivity index (χ4v) is 11.1. The van der Waals surface area contributed by atoms with Gasteiger partial charge in [-0.15, -0.1) is 0 Å². The van der Waals surface area contributed by atoms with Crippen molar-refractivity contribution in [1.29, 1.82) is 0 Å². The van der Waals surface area contributed by atoms with Gasteiger partial charge in [0.1, 0.15) is 0 Å². The summed E-state index contributed by atoms with van der Waals surface area (Å²) in [5.41, 5.74) is 26.5. The molecule has 0 amide bonds. The Labute approximate surface area is 434 Å². The molecule has 352 valence electrons. The van der Waals surface area contributed by atoms with Crippen LogP contribution in [0.4, 0.5) is 34.1 Å². The van der Waals surface area contributed by atoms with E-state index in [1.54, 1.807) is 0 Å². The highest BCUT2D eigenvalue weighted by molar-refractivity contribution is 6.13. The smallest absolute Gasteiger partial charge is 0.0497 e. The number of rotatable bonds is 10. The standard InChI is InChI=1S/C72H54N2/c1-47-25-29-57(51-17-9-5-10-18-51)43-69(47)73(70-44-58(30-26-48(70)2)52-19-11-6-12-20-52)63-35-33-55-39-65-66-40-56-34-36-64(38-62(56)42-68(66)67(65)41-61(55)37-63)74(71-45-59(31-27-49(71)3)53-21-13-7-14-22-53)72-46-60(32-28-50(72)4)54-23-15-8-16-24-54/h5-46H,1-4H3. The average molecular weight is 947 g/mol. The quantitative estimate of drug-likeness (QED) is 0.135. The minimum absolute atomic E-state index is 1.13. The lowest BCUT2D eigenvalue weighted by atomic mass is 9.78. The Bertz CT molecular complexity index is 3650. The molecule has 0 aromatic heterocycles. The van der Waals surface area contributed by atoms with Gasteiger partial charge in [-0.2, -0.15) is 0 Å². The van der Waals surface area contributed by atoms with Gasteiger partial charge in [0, 0.05) is 34.1 Å². The molecule has 1 aliphatic carbocycles. The van der Waals surface area contributed by atoms with E-state index in [-0.39, 0.29) is 0 Å². The number of benzene rings is 12. The van der Waals surface area contributed by atoms with Crippen LogP contribution in [-0.2, 0) is 0 Å². The highest BCUT2D eigenvalue weighted by atomic mass is 15.2. The number of aryl methyl sites for hydroxylation is 4. The topological polar surface area (TPSA) is 6.48 Å². The van der Waals surface area contributed by atoms with Crippen LogP contribution in [0.2, 0.25) is 0 Å². The number of fused-ring (bicyclic) bond motifs is 6. The zero-order valence-corrected chi connectivity index (χ0v) is 42.1. The zero-order valence-electron chi connectivity index (χ0n) is 42.1. The maximum Gasteiger partial charge on any atom is 0.0497 e. The lowest BCUT2D eigenvalue weighted by Gasteiger charge is -2.31. The Balaban J connectivity index is 0.932. The number of anilines is 6. The molecular weight excluding hydrogens is 893 g/mol. The molecule has 0 N–H and O–H groups in total. The van der Waals surface area contributed by atoms with Crippen LogP contribution in [0.15, 0.2) is 255 Å². The first-order valence-corrected chi connectivity index (χ1v) is 25.7. The van der Waals surface area contributed by atoms with Gasteiger partial charge in [-0.3, -0.25) is 0 Å². The van der Waals surface area contributed by atoms with Crippen LogP contribution in [0.25, 0.3) is 88.3 Å². The Morgan fingerprint density at radius 2 is 0.459 bits per heavy atom. The third kappa shape index (κ3) is 8.02. The van der Waals surface area contributed by atoms with Gasteiger partial charge in [-0.25, -0.2) is 0 Å². The Morgan fingerprint density at radius 1 is 0.203 bits per heavy atom. The molecule has 12 aromatic rings. The summed E-state index contributed by atoms with van der Waals surface area (Å²) >= 11 is 0. The molecule has 0 aliphatic heterocycles. The van der Waals surface area contributed by atoms with Crippen molar-refractivity contribution >= 4 is 55.7 Å². The van der Waals surface area contributed by atoms with E-state index in [0.717, 1.165) is 34.1 Å². The largest absolute Gasteiger partial charge is 0.310 e. The molecule has 0 radical (unpaired) electrons. The van der Waals surface area contributed by atoms with Crippen molar-refractivity contribution in [2.24, 2.45) is 0 Å². The first-order valence-electron chi connectivity index (χ1n) is 25.7. The van der Waals surface area contributed by atoms with E-state index >= 15 is 0 Å². The van der Waals surface area contributed by atoms with Crippen LogP contribution in [0.3, 0.4) is 0 Å². The molecule has 2 nitrogen and oxygen atoms in total. The maximum atomic E-state index is 2.48. The van der Waals surface area contributed by atoms with Crippen molar-refractivity contribution in [3.05, 3.63) is 277 Å². The van der Waals surface area contributed by atoms with Crippen LogP contribution in [0, 0.1) is 27.7 Å². The summed E-state index contributed by atoms with van der Waals surface area (Å²) in [4.78, 5) is 4.96. The van der Waals surface area contributed by atoms with Crippen LogP contribution in [-0.4, -0.2) is 0 Å². The predicted molar refractivity (Wildman–Crippen MR) is 316 cm³/mol. The summed E-state index contributed by atoms with van der Waals surface area (Å²) in [5, 5.41) is 4.89. The number of hydrogen-bond acceptors (Lipinski definition) is 2. The lowest BCUT2D eigenvalue weighted by molar-refractivity contribution is 1.23. The van der Waals surface area contributed by atoms with E-state index in [1.165, 1.54) is 111 Å². The fourth-order valence-electron chi connectivity index (χ4n) is 11.1. The van der Waals surface area contributed by atoms with E-state index in [4.69, 9.17) is 0 Å². The van der Waals surface area contributed by atoms with E-state index in [2.05, 4.69) is 292 Å². The van der Waals surface area contributed by atoms with E-state index < -0.39 is 0 Å². The molecule has 0 unspecified atom stereocenters. The van der Waals surface area contributed by atoms with Gasteiger partial charge < -0.3 is 9.80 Å². The molecular formula is C72H54N2. The molecule has 0 atom stereocenters. The molecule has 0 spiro atoms. The molecule has 12 aromatic carbocycles. The maximum absolute atomic E-state index is 2.48. The molecule has 1 aliphatic rings. The Morgan fingerprint density at radius 3 is 0.730 bits per heavy atom. The summed E-state index contributed by atoms with van der Waals surface area (Å²) in [5.74, 6) is 0. The molecule has 0 saturated heterocycles. The van der Waals surface area contributed by atoms with Crippen molar-refractivity contribution in [3.8, 4) is 66.8 Å². The summed E-state index contributed by atoms with van der Waals surface area (Å²) in [6.07, 6.45) is 0. The fraction of sp³-hybridized carbons (Fsp3) is 0.0556. The average Bonchev–Trinajstić information content (AvgIpc) is 3.46. The molecule has 0 saturated carbocycles. The number of nitrogens with zero attached hydrogens (tertiary/aromatic N) is 2. The first kappa shape index (κ1) is 44.7. The lowest BCUT2D eigenvalue weighted by Crippen LogP contribution is -2.13. The van der Waals surface area contributed by atoms with Gasteiger partial charge in [-0.1, -0.05) is 182 Å². The van der Waals surface area contributed by atoms with Crippen LogP contribution < -0.4 is 9.80 Å². The van der Waals surface area contributed by atoms with Crippen LogP contribution >= 0.6 is 0 Å². The zero-order chi connectivity index (χ0) is 49.9. The second kappa shape index (κ2) is 18.4. The van der Waals surface area contributed by atoms with Gasteiger partial charge in [0.25, 0.3) is 0 Å². The van der Waals surface area contributed by atoms with E-state index in [1.807, 2.05) is 0 Å². The molecule has 13 rings (SSSR count). The molecule has 0 heterocycles. The third-order valence-electron chi connectivity index (χ3n) is 15.2. The normalized spacial score (nSPS) is 11.5. The second-order valence-electron chi connectivity index (χ2n) is 20.0. The first-order chi connectivity index (χ1) is 36.3. The minimum atomic E-state index is 1.13. The summed E-state index contributed by atoms with van der Waals surface area (Å²) in [6, 6.07) is 94.0. The molecule has 74 heavy (non-hydrogen) atoms. The van der Waals surface area contributed by atoms with Crippen LogP contribution in [0.1, 0.15) is 22.3 Å². The van der Waals surface area contributed by atoms with Crippen molar-refractivity contribution in [1.82, 2.24) is 0 Å². The molecule has 0 fully saturated rings. The summed E-state index contributed by atoms with van der Waals surface area (Å²) in [6.45, 7) is 8.93. The third-order valence-corrected chi connectivity index (χ3v) is 15.2. The highest BCUT2D eigenvalue weighted by Gasteiger charge is 2.26. The van der Waals surface area contributed by atoms with Gasteiger partial charge >= 0.3 is 0 Å². The van der Waals surface area contributed by atoms with Crippen molar-refractivity contribution < 1.29 is 0 Å². The van der Waals surface area contributed by atoms with E-state index in [0.29, 0.717) is 0 Å². The Hall–Kier alpha value is -9.24.